The minimum Gasteiger partial charge on any atom is -0.494 e. The van der Waals surface area contributed by atoms with Crippen LogP contribution in [0.15, 0.2) is 30.3 Å². The van der Waals surface area contributed by atoms with Gasteiger partial charge in [-0.1, -0.05) is 43.3 Å². The molecule has 1 aromatic rings. The lowest BCUT2D eigenvalue weighted by molar-refractivity contribution is 0.202. The smallest absolute Gasteiger partial charge is 0.119 e. The summed E-state index contributed by atoms with van der Waals surface area (Å²) in [6.07, 6.45) is 6.23. The molecule has 4 heteroatoms. The van der Waals surface area contributed by atoms with Crippen LogP contribution in [-0.2, 0) is 0 Å². The lowest BCUT2D eigenvalue weighted by atomic mass is 10.2. The molecule has 3 nitrogen and oxygen atoms in total. The lowest BCUT2D eigenvalue weighted by Crippen LogP contribution is -2.40. The van der Waals surface area contributed by atoms with Gasteiger partial charge in [0.25, 0.3) is 0 Å². The highest BCUT2D eigenvalue weighted by atomic mass is 32.1. The molecule has 0 aromatic heterocycles. The fourth-order valence-corrected chi connectivity index (χ4v) is 3.00. The summed E-state index contributed by atoms with van der Waals surface area (Å²) in [4.78, 5) is 3.03. The minimum atomic E-state index is 0.598. The van der Waals surface area contributed by atoms with Crippen molar-refractivity contribution in [1.29, 1.82) is 0 Å². The summed E-state index contributed by atoms with van der Waals surface area (Å²) < 4.78 is 5.73. The second-order valence-electron chi connectivity index (χ2n) is 5.39. The van der Waals surface area contributed by atoms with Crippen molar-refractivity contribution in [3.05, 3.63) is 30.3 Å². The average molecular weight is 292 g/mol. The third-order valence-corrected chi connectivity index (χ3v) is 3.93. The van der Waals surface area contributed by atoms with Crippen LogP contribution < -0.4 is 10.5 Å². The SMILES string of the molecule is NC(=S)CN(CCCOc1ccccc1)C1CCCC1. The van der Waals surface area contributed by atoms with Crippen LogP contribution in [0.3, 0.4) is 0 Å². The molecular weight excluding hydrogens is 268 g/mol. The molecule has 20 heavy (non-hydrogen) atoms. The van der Waals surface area contributed by atoms with Crippen LogP contribution in [0.5, 0.6) is 5.75 Å². The first-order chi connectivity index (χ1) is 9.75. The fraction of sp³-hybridized carbons (Fsp3) is 0.562. The second-order valence-corrected chi connectivity index (χ2v) is 5.91. The first-order valence-corrected chi connectivity index (χ1v) is 7.87. The molecule has 0 unspecified atom stereocenters. The molecule has 2 rings (SSSR count). The predicted octanol–water partition coefficient (Wildman–Crippen LogP) is 2.99. The molecule has 0 saturated heterocycles. The number of para-hydroxylation sites is 1. The van der Waals surface area contributed by atoms with Gasteiger partial charge in [0, 0.05) is 19.1 Å². The summed E-state index contributed by atoms with van der Waals surface area (Å²) in [5.74, 6) is 0.939. The Kier molecular flexibility index (Phi) is 6.27. The largest absolute Gasteiger partial charge is 0.494 e. The van der Waals surface area contributed by atoms with E-state index in [1.807, 2.05) is 30.3 Å². The third kappa shape index (κ3) is 5.10. The number of hydrogen-bond acceptors (Lipinski definition) is 3. The average Bonchev–Trinajstić information content (AvgIpc) is 2.97. The summed E-state index contributed by atoms with van der Waals surface area (Å²) in [5, 5.41) is 0. The molecule has 2 N–H and O–H groups in total. The number of benzene rings is 1. The Balaban J connectivity index is 1.72. The van der Waals surface area contributed by atoms with E-state index >= 15 is 0 Å². The fourth-order valence-electron chi connectivity index (χ4n) is 2.83. The summed E-state index contributed by atoms with van der Waals surface area (Å²) >= 11 is 5.07. The summed E-state index contributed by atoms with van der Waals surface area (Å²) in [5.41, 5.74) is 5.71. The van der Waals surface area contributed by atoms with Gasteiger partial charge in [-0.25, -0.2) is 0 Å². The molecular formula is C16H24N2OS. The number of nitrogens with zero attached hydrogens (tertiary/aromatic N) is 1. The van der Waals surface area contributed by atoms with Gasteiger partial charge in [0.15, 0.2) is 0 Å². The van der Waals surface area contributed by atoms with Crippen molar-refractivity contribution < 1.29 is 4.74 Å². The normalized spacial score (nSPS) is 15.7. The molecule has 1 fully saturated rings. The third-order valence-electron chi connectivity index (χ3n) is 3.80. The number of hydrogen-bond donors (Lipinski definition) is 1. The molecule has 0 atom stereocenters. The molecule has 1 saturated carbocycles. The Hall–Kier alpha value is -1.13. The molecule has 0 radical (unpaired) electrons. The van der Waals surface area contributed by atoms with Crippen LogP contribution >= 0.6 is 12.2 Å². The van der Waals surface area contributed by atoms with E-state index in [0.717, 1.165) is 31.9 Å². The van der Waals surface area contributed by atoms with Gasteiger partial charge in [-0.15, -0.1) is 0 Å². The van der Waals surface area contributed by atoms with Crippen molar-refractivity contribution in [1.82, 2.24) is 4.90 Å². The van der Waals surface area contributed by atoms with E-state index in [2.05, 4.69) is 4.90 Å². The van der Waals surface area contributed by atoms with Gasteiger partial charge < -0.3 is 10.5 Å². The zero-order chi connectivity index (χ0) is 14.2. The topological polar surface area (TPSA) is 38.5 Å². The molecule has 0 bridgehead atoms. The van der Waals surface area contributed by atoms with Crippen LogP contribution in [-0.4, -0.2) is 35.6 Å². The first kappa shape index (κ1) is 15.3. The van der Waals surface area contributed by atoms with Gasteiger partial charge >= 0.3 is 0 Å². The van der Waals surface area contributed by atoms with Crippen LogP contribution in [0.25, 0.3) is 0 Å². The van der Waals surface area contributed by atoms with Crippen molar-refractivity contribution in [3.8, 4) is 5.75 Å². The molecule has 0 spiro atoms. The van der Waals surface area contributed by atoms with Crippen LogP contribution in [0.1, 0.15) is 32.1 Å². The number of thiocarbonyl (C=S) groups is 1. The second kappa shape index (κ2) is 8.22. The minimum absolute atomic E-state index is 0.598. The van der Waals surface area contributed by atoms with Gasteiger partial charge in [0.1, 0.15) is 5.75 Å². The van der Waals surface area contributed by atoms with Crippen LogP contribution in [0.2, 0.25) is 0 Å². The van der Waals surface area contributed by atoms with E-state index in [-0.39, 0.29) is 0 Å². The van der Waals surface area contributed by atoms with Gasteiger partial charge in [-0.05, 0) is 31.4 Å². The van der Waals surface area contributed by atoms with E-state index < -0.39 is 0 Å². The quantitative estimate of drug-likeness (QED) is 0.590. The van der Waals surface area contributed by atoms with Gasteiger partial charge in [-0.2, -0.15) is 0 Å². The van der Waals surface area contributed by atoms with E-state index in [0.29, 0.717) is 11.0 Å². The first-order valence-electron chi connectivity index (χ1n) is 7.46. The van der Waals surface area contributed by atoms with Gasteiger partial charge in [0.2, 0.25) is 0 Å². The molecule has 1 aliphatic carbocycles. The monoisotopic (exact) mass is 292 g/mol. The molecule has 110 valence electrons. The molecule has 0 heterocycles. The van der Waals surface area contributed by atoms with Crippen LogP contribution in [0, 0.1) is 0 Å². The van der Waals surface area contributed by atoms with E-state index in [1.165, 1.54) is 25.7 Å². The van der Waals surface area contributed by atoms with Crippen molar-refractivity contribution in [2.24, 2.45) is 5.73 Å². The van der Waals surface area contributed by atoms with E-state index in [9.17, 15) is 0 Å². The molecule has 1 aliphatic rings. The predicted molar refractivity (Wildman–Crippen MR) is 87.2 cm³/mol. The van der Waals surface area contributed by atoms with Crippen molar-refractivity contribution in [2.75, 3.05) is 19.7 Å². The molecule has 0 amide bonds. The van der Waals surface area contributed by atoms with Gasteiger partial charge in [-0.3, -0.25) is 4.90 Å². The number of ether oxygens (including phenoxy) is 1. The maximum atomic E-state index is 5.73. The van der Waals surface area contributed by atoms with Gasteiger partial charge in [0.05, 0.1) is 11.6 Å². The Morgan fingerprint density at radius 3 is 2.60 bits per heavy atom. The summed E-state index contributed by atoms with van der Waals surface area (Å²) in [7, 11) is 0. The highest BCUT2D eigenvalue weighted by Crippen LogP contribution is 2.23. The zero-order valence-corrected chi connectivity index (χ0v) is 12.8. The van der Waals surface area contributed by atoms with E-state index in [1.54, 1.807) is 0 Å². The number of nitrogens with two attached hydrogens (primary N) is 1. The summed E-state index contributed by atoms with van der Waals surface area (Å²) in [6.45, 7) is 2.49. The highest BCUT2D eigenvalue weighted by molar-refractivity contribution is 7.80. The zero-order valence-electron chi connectivity index (χ0n) is 12.0. The molecule has 0 aliphatic heterocycles. The summed E-state index contributed by atoms with van der Waals surface area (Å²) in [6, 6.07) is 10.6. The Morgan fingerprint density at radius 2 is 1.95 bits per heavy atom. The van der Waals surface area contributed by atoms with E-state index in [4.69, 9.17) is 22.7 Å². The maximum absolute atomic E-state index is 5.73. The van der Waals surface area contributed by atoms with Crippen molar-refractivity contribution in [3.63, 3.8) is 0 Å². The Morgan fingerprint density at radius 1 is 1.25 bits per heavy atom. The lowest BCUT2D eigenvalue weighted by Gasteiger charge is -2.28. The molecule has 1 aromatic carbocycles. The standard InChI is InChI=1S/C16H24N2OS/c17-16(20)13-18(14-7-4-5-8-14)11-6-12-19-15-9-2-1-3-10-15/h1-3,9-10,14H,4-8,11-13H2,(H2,17,20). The van der Waals surface area contributed by atoms with Crippen molar-refractivity contribution >= 4 is 17.2 Å². The Labute approximate surface area is 127 Å². The van der Waals surface area contributed by atoms with Crippen molar-refractivity contribution in [2.45, 2.75) is 38.1 Å². The Bertz CT molecular complexity index is 404. The van der Waals surface area contributed by atoms with Crippen LogP contribution in [0.4, 0.5) is 0 Å². The number of rotatable bonds is 8. The highest BCUT2D eigenvalue weighted by Gasteiger charge is 2.22. The maximum Gasteiger partial charge on any atom is 0.119 e.